The molecule has 5 aromatic carbocycles. The molecule has 3 heterocycles. The number of rotatable bonds is 22. The van der Waals surface area contributed by atoms with Crippen LogP contribution in [-0.4, -0.2) is 169 Å². The normalized spacial score (nSPS) is 17.4. The van der Waals surface area contributed by atoms with Gasteiger partial charge in [0.05, 0.1) is 29.7 Å². The summed E-state index contributed by atoms with van der Waals surface area (Å²) in [5, 5.41) is 37.7. The van der Waals surface area contributed by atoms with Crippen LogP contribution in [0.5, 0.6) is 0 Å². The van der Waals surface area contributed by atoms with Crippen LogP contribution < -0.4 is 21.3 Å². The SMILES string of the molecule is Cl.N=C/C(=C(/OC1CCCC1)C(=O)Nc1cccc(Cl)c1)N1CCN(C(=O)Cc2ccccc2)CC1.N=C/C(=C(/OC1CCCC1)C(=O)Nc1cccc(Cl)c1)N1CCN(C(=S)Cc2ccccc2)CC1.N=C/C(=C(/OC1CCCC1)C(=O)Nc1cccc(Cl)c1)N1CCNCC1. The first kappa shape index (κ1) is 74.8. The lowest BCUT2D eigenvalue weighted by Crippen LogP contribution is -2.49. The molecule has 24 heteroatoms. The van der Waals surface area contributed by atoms with Crippen LogP contribution in [0.15, 0.2) is 168 Å². The summed E-state index contributed by atoms with van der Waals surface area (Å²) in [6.07, 6.45) is 16.8. The van der Waals surface area contributed by atoms with Crippen LogP contribution in [0.2, 0.25) is 15.1 Å². The molecule has 6 fully saturated rings. The quantitative estimate of drug-likeness (QED) is 0.0148. The first-order valence-corrected chi connectivity index (χ1v) is 34.8. The fourth-order valence-corrected chi connectivity index (χ4v) is 13.4. The van der Waals surface area contributed by atoms with Crippen molar-refractivity contribution in [3.63, 3.8) is 0 Å². The van der Waals surface area contributed by atoms with Crippen molar-refractivity contribution >= 4 is 124 Å². The molecule has 0 radical (unpaired) electrons. The summed E-state index contributed by atoms with van der Waals surface area (Å²) in [6, 6.07) is 40.9. The van der Waals surface area contributed by atoms with Crippen LogP contribution in [0.3, 0.4) is 0 Å². The van der Waals surface area contributed by atoms with Crippen LogP contribution in [0.4, 0.5) is 17.1 Å². The Morgan fingerprint density at radius 2 is 0.742 bits per heavy atom. The van der Waals surface area contributed by atoms with Crippen LogP contribution in [-0.2, 0) is 46.2 Å². The van der Waals surface area contributed by atoms with Crippen molar-refractivity contribution in [1.29, 1.82) is 16.2 Å². The van der Waals surface area contributed by atoms with Gasteiger partial charge in [0, 0.05) is 136 Å². The van der Waals surface area contributed by atoms with E-state index in [1.54, 1.807) is 72.8 Å². The number of benzene rings is 5. The molecular formula is C73H88Cl4N12O7S. The number of nitrogens with zero attached hydrogens (tertiary/aromatic N) is 5. The minimum atomic E-state index is -0.403. The average molecular weight is 1420 g/mol. The Morgan fingerprint density at radius 1 is 0.433 bits per heavy atom. The van der Waals surface area contributed by atoms with Crippen molar-refractivity contribution in [1.82, 2.24) is 29.8 Å². The maximum absolute atomic E-state index is 13.3. The highest BCUT2D eigenvalue weighted by Crippen LogP contribution is 2.31. The summed E-state index contributed by atoms with van der Waals surface area (Å²) in [7, 11) is 0. The number of piperazine rings is 3. The number of amides is 4. The van der Waals surface area contributed by atoms with Crippen molar-refractivity contribution in [3.8, 4) is 0 Å². The second-order valence-corrected chi connectivity index (χ2v) is 26.1. The Balaban J connectivity index is 0.000000187. The van der Waals surface area contributed by atoms with Gasteiger partial charge >= 0.3 is 0 Å². The lowest BCUT2D eigenvalue weighted by atomic mass is 10.1. The zero-order chi connectivity index (χ0) is 67.6. The zero-order valence-electron chi connectivity index (χ0n) is 54.6. The summed E-state index contributed by atoms with van der Waals surface area (Å²) in [6.45, 7) is 7.99. The van der Waals surface area contributed by atoms with Crippen LogP contribution in [0, 0.1) is 16.2 Å². The third-order valence-electron chi connectivity index (χ3n) is 17.5. The summed E-state index contributed by atoms with van der Waals surface area (Å²) >= 11 is 23.9. The Hall–Kier alpha value is -7.98. The minimum absolute atomic E-state index is 0. The molecule has 0 unspecified atom stereocenters. The van der Waals surface area contributed by atoms with Crippen molar-refractivity contribution in [2.75, 3.05) is 94.5 Å². The van der Waals surface area contributed by atoms with Gasteiger partial charge in [0.1, 0.15) is 17.1 Å². The Morgan fingerprint density at radius 3 is 1.07 bits per heavy atom. The standard InChI is InChI=1S/C27H31ClN4O3.C27H31ClN4O2S.C19H25ClN4O2.ClH/c28-21-9-6-10-22(18-21)30-27(34)26(35-23-11-4-5-12-23)24(19-29)31-13-15-32(16-14-31)25(33)17-20-7-2-1-3-8-20;28-21-9-6-10-22(18-21)30-27(33)26(34-23-11-4-5-12-23)24(19-29)31-13-15-32(16-14-31)25(35)17-20-7-2-1-3-8-20;20-14-4-3-5-15(12-14)23-19(25)18(26-16-6-1-2-7-16)17(13-21)24-10-8-22-9-11-24;/h1-3,6-10,18-19,23,29H,4-5,11-17H2,(H,30,34);1-3,6-10,18-19,23,29H,4-5,11-17H2,(H,30,33);3-5,12-13,16,21-22H,1-2,6-11H2,(H,23,25);1H/b2*26-24-,29-19?;18-17-,21-13?;. The van der Waals surface area contributed by atoms with Gasteiger partial charge in [0.25, 0.3) is 17.7 Å². The van der Waals surface area contributed by atoms with Gasteiger partial charge in [-0.1, -0.05) is 126 Å². The predicted molar refractivity (Wildman–Crippen MR) is 394 cm³/mol. The Kier molecular flexibility index (Phi) is 29.9. The van der Waals surface area contributed by atoms with Crippen LogP contribution in [0.25, 0.3) is 0 Å². The van der Waals surface area contributed by atoms with Gasteiger partial charge in [-0.3, -0.25) is 19.2 Å². The van der Waals surface area contributed by atoms with Crippen molar-refractivity contribution in [2.45, 2.75) is 108 Å². The second kappa shape index (κ2) is 38.8. The highest BCUT2D eigenvalue weighted by atomic mass is 35.5. The predicted octanol–water partition coefficient (Wildman–Crippen LogP) is 13.2. The summed E-state index contributed by atoms with van der Waals surface area (Å²) in [5.74, 6) is -0.439. The molecule has 0 atom stereocenters. The fraction of sp³-hybridized carbons (Fsp3) is 0.397. The maximum atomic E-state index is 13.3. The van der Waals surface area contributed by atoms with E-state index >= 15 is 0 Å². The number of hydrogen-bond donors (Lipinski definition) is 7. The first-order valence-electron chi connectivity index (χ1n) is 33.3. The molecule has 6 aliphatic rings. The third kappa shape index (κ3) is 22.8. The van der Waals surface area contributed by atoms with Crippen LogP contribution in [0.1, 0.15) is 88.2 Å². The highest BCUT2D eigenvalue weighted by molar-refractivity contribution is 7.80. The first-order chi connectivity index (χ1) is 46.7. The van der Waals surface area contributed by atoms with E-state index in [1.165, 1.54) is 24.2 Å². The van der Waals surface area contributed by atoms with Gasteiger partial charge in [0.15, 0.2) is 0 Å². The lowest BCUT2D eigenvalue weighted by Gasteiger charge is -2.38. The molecule has 516 valence electrons. The van der Waals surface area contributed by atoms with E-state index in [1.807, 2.05) is 63.2 Å². The van der Waals surface area contributed by atoms with E-state index in [2.05, 4.69) is 43.2 Å². The molecule has 0 aromatic heterocycles. The van der Waals surface area contributed by atoms with Gasteiger partial charge in [-0.25, -0.2) is 0 Å². The van der Waals surface area contributed by atoms with Gasteiger partial charge in [0.2, 0.25) is 23.2 Å². The molecule has 4 amide bonds. The summed E-state index contributed by atoms with van der Waals surface area (Å²) < 4.78 is 18.5. The number of anilines is 3. The topological polar surface area (TPSA) is 232 Å². The molecule has 3 aliphatic carbocycles. The van der Waals surface area contributed by atoms with Crippen molar-refractivity contribution < 1.29 is 33.4 Å². The summed E-state index contributed by atoms with van der Waals surface area (Å²) in [5.41, 5.74) is 5.44. The van der Waals surface area contributed by atoms with E-state index in [4.69, 9.17) is 77.5 Å². The van der Waals surface area contributed by atoms with Gasteiger partial charge in [-0.2, -0.15) is 0 Å². The van der Waals surface area contributed by atoms with E-state index in [0.717, 1.165) is 133 Å². The Labute approximate surface area is 596 Å². The molecule has 3 saturated carbocycles. The molecule has 0 bridgehead atoms. The number of carbonyl (C=O) groups is 4. The maximum Gasteiger partial charge on any atom is 0.293 e. The number of nitrogens with one attached hydrogen (secondary N) is 7. The zero-order valence-corrected chi connectivity index (χ0v) is 58.5. The molecule has 0 spiro atoms. The molecule has 5 aromatic rings. The van der Waals surface area contributed by atoms with Crippen LogP contribution >= 0.6 is 59.4 Å². The second-order valence-electron chi connectivity index (χ2n) is 24.3. The molecule has 7 N–H and O–H groups in total. The number of allylic oxidation sites excluding steroid dienone is 3. The van der Waals surface area contributed by atoms with E-state index in [9.17, 15) is 19.2 Å². The lowest BCUT2D eigenvalue weighted by molar-refractivity contribution is -0.132. The number of ether oxygens (including phenoxy) is 3. The summed E-state index contributed by atoms with van der Waals surface area (Å²) in [4.78, 5) is 63.4. The van der Waals surface area contributed by atoms with E-state index in [0.29, 0.717) is 94.9 Å². The van der Waals surface area contributed by atoms with Gasteiger partial charge in [-0.15, -0.1) is 12.4 Å². The highest BCUT2D eigenvalue weighted by Gasteiger charge is 2.32. The van der Waals surface area contributed by atoms with Crippen molar-refractivity contribution in [2.24, 2.45) is 0 Å². The molecule has 11 rings (SSSR count). The molecule has 3 aliphatic heterocycles. The number of carbonyl (C=O) groups excluding carboxylic acids is 4. The molecule has 3 saturated heterocycles. The third-order valence-corrected chi connectivity index (χ3v) is 18.6. The van der Waals surface area contributed by atoms with Gasteiger partial charge in [-0.05, 0) is 143 Å². The van der Waals surface area contributed by atoms with Gasteiger partial charge < -0.3 is 76.2 Å². The number of halogens is 4. The number of hydrogen-bond acceptors (Lipinski definition) is 15. The van der Waals surface area contributed by atoms with E-state index < -0.39 is 5.91 Å². The molecule has 19 nitrogen and oxygen atoms in total. The van der Waals surface area contributed by atoms with Crippen molar-refractivity contribution in [3.05, 3.63) is 194 Å². The fourth-order valence-electron chi connectivity index (χ4n) is 12.4. The van der Waals surface area contributed by atoms with E-state index in [-0.39, 0.29) is 65.7 Å². The average Bonchev–Trinajstić information content (AvgIpc) is 1.51. The molecular weight excluding hydrogens is 1330 g/mol. The number of thiocarbonyl (C=S) groups is 1. The molecule has 97 heavy (non-hydrogen) atoms. The Bertz CT molecular complexity index is 3390. The largest absolute Gasteiger partial charge is 0.483 e. The monoisotopic (exact) mass is 1420 g/mol. The minimum Gasteiger partial charge on any atom is -0.483 e. The smallest absolute Gasteiger partial charge is 0.293 e.